The molecule has 1 saturated heterocycles. The molecule has 7 nitrogen and oxygen atoms in total. The number of nitrogens with zero attached hydrogens (tertiary/aromatic N) is 5. The summed E-state index contributed by atoms with van der Waals surface area (Å²) in [6, 6.07) is 6.34. The molecular weight excluding hydrogens is 398 g/mol. The second-order valence-corrected chi connectivity index (χ2v) is 8.86. The lowest BCUT2D eigenvalue weighted by atomic mass is 10.1. The average molecular weight is 426 g/mol. The fourth-order valence-electron chi connectivity index (χ4n) is 3.91. The van der Waals surface area contributed by atoms with Gasteiger partial charge in [-0.2, -0.15) is 5.10 Å². The number of rotatable bonds is 4. The van der Waals surface area contributed by atoms with E-state index in [4.69, 9.17) is 0 Å². The van der Waals surface area contributed by atoms with Crippen molar-refractivity contribution < 1.29 is 4.79 Å². The number of aryl methyl sites for hydroxylation is 3. The minimum Gasteiger partial charge on any atom is -0.368 e. The zero-order valence-electron chi connectivity index (χ0n) is 17.9. The summed E-state index contributed by atoms with van der Waals surface area (Å²) in [7, 11) is 0. The van der Waals surface area contributed by atoms with Gasteiger partial charge in [-0.1, -0.05) is 19.1 Å². The van der Waals surface area contributed by atoms with Gasteiger partial charge in [0.05, 0.1) is 15.4 Å². The molecule has 0 spiro atoms. The van der Waals surface area contributed by atoms with E-state index in [0.717, 1.165) is 34.9 Å². The van der Waals surface area contributed by atoms with Crippen LogP contribution in [0.3, 0.4) is 0 Å². The fraction of sp³-hybridized carbons (Fsp3) is 0.455. The van der Waals surface area contributed by atoms with Crippen molar-refractivity contribution in [2.45, 2.75) is 40.7 Å². The molecule has 1 aromatic carbocycles. The van der Waals surface area contributed by atoms with E-state index in [1.165, 1.54) is 32.8 Å². The Hall–Kier alpha value is -2.74. The van der Waals surface area contributed by atoms with Crippen LogP contribution in [0.1, 0.15) is 28.8 Å². The quantitative estimate of drug-likeness (QED) is 0.643. The monoisotopic (exact) mass is 425 g/mol. The predicted molar refractivity (Wildman–Crippen MR) is 120 cm³/mol. The minimum atomic E-state index is -0.283. The SMILES string of the molecule is CCc1nc2c(=O)n(CC(=O)N3CCN(c4cccc(C)c4C)CC3)nc(C)c2s1. The van der Waals surface area contributed by atoms with E-state index in [0.29, 0.717) is 18.6 Å². The highest BCUT2D eigenvalue weighted by Gasteiger charge is 2.24. The van der Waals surface area contributed by atoms with Crippen molar-refractivity contribution in [2.75, 3.05) is 31.1 Å². The summed E-state index contributed by atoms with van der Waals surface area (Å²) in [5, 5.41) is 5.30. The van der Waals surface area contributed by atoms with E-state index in [1.54, 1.807) is 0 Å². The van der Waals surface area contributed by atoms with Crippen molar-refractivity contribution >= 4 is 33.1 Å². The third-order valence-electron chi connectivity index (χ3n) is 5.84. The molecule has 158 valence electrons. The summed E-state index contributed by atoms with van der Waals surface area (Å²) in [5.74, 6) is -0.0742. The van der Waals surface area contributed by atoms with Crippen molar-refractivity contribution in [3.63, 3.8) is 0 Å². The molecule has 3 aromatic rings. The molecule has 2 aromatic heterocycles. The Morgan fingerprint density at radius 3 is 2.57 bits per heavy atom. The van der Waals surface area contributed by atoms with Crippen molar-refractivity contribution in [1.82, 2.24) is 19.7 Å². The van der Waals surface area contributed by atoms with E-state index in [-0.39, 0.29) is 18.0 Å². The molecule has 3 heterocycles. The second-order valence-electron chi connectivity index (χ2n) is 7.77. The number of thiazole rings is 1. The van der Waals surface area contributed by atoms with Gasteiger partial charge in [0.2, 0.25) is 5.91 Å². The van der Waals surface area contributed by atoms with Gasteiger partial charge in [0.1, 0.15) is 6.54 Å². The van der Waals surface area contributed by atoms with Crippen LogP contribution in [-0.2, 0) is 17.8 Å². The summed E-state index contributed by atoms with van der Waals surface area (Å²) in [5.41, 5.74) is 4.68. The van der Waals surface area contributed by atoms with Gasteiger partial charge in [-0.15, -0.1) is 11.3 Å². The molecule has 1 aliphatic rings. The summed E-state index contributed by atoms with van der Waals surface area (Å²) >= 11 is 1.51. The van der Waals surface area contributed by atoms with Gasteiger partial charge < -0.3 is 9.80 Å². The first kappa shape index (κ1) is 20.5. The van der Waals surface area contributed by atoms with Crippen molar-refractivity contribution in [1.29, 1.82) is 0 Å². The van der Waals surface area contributed by atoms with Crippen LogP contribution in [0.5, 0.6) is 0 Å². The van der Waals surface area contributed by atoms with Crippen LogP contribution < -0.4 is 10.5 Å². The number of hydrogen-bond donors (Lipinski definition) is 0. The van der Waals surface area contributed by atoms with Crippen LogP contribution in [0.15, 0.2) is 23.0 Å². The zero-order chi connectivity index (χ0) is 21.4. The molecule has 1 aliphatic heterocycles. The maximum absolute atomic E-state index is 12.9. The third kappa shape index (κ3) is 3.71. The van der Waals surface area contributed by atoms with Gasteiger partial charge in [-0.05, 0) is 44.4 Å². The van der Waals surface area contributed by atoms with Crippen LogP contribution in [0.2, 0.25) is 0 Å². The van der Waals surface area contributed by atoms with Gasteiger partial charge >= 0.3 is 0 Å². The van der Waals surface area contributed by atoms with Crippen molar-refractivity contribution in [2.24, 2.45) is 0 Å². The summed E-state index contributed by atoms with van der Waals surface area (Å²) in [6.45, 7) is 10.9. The van der Waals surface area contributed by atoms with Crippen LogP contribution in [0, 0.1) is 20.8 Å². The summed E-state index contributed by atoms with van der Waals surface area (Å²) in [4.78, 5) is 34.3. The Morgan fingerprint density at radius 2 is 1.87 bits per heavy atom. The molecule has 1 amide bonds. The molecule has 0 radical (unpaired) electrons. The molecule has 30 heavy (non-hydrogen) atoms. The fourth-order valence-corrected chi connectivity index (χ4v) is 4.85. The molecule has 8 heteroatoms. The molecule has 1 fully saturated rings. The van der Waals surface area contributed by atoms with Crippen LogP contribution in [0.4, 0.5) is 5.69 Å². The zero-order valence-corrected chi connectivity index (χ0v) is 18.8. The van der Waals surface area contributed by atoms with E-state index in [2.05, 4.69) is 47.0 Å². The number of aromatic nitrogens is 3. The van der Waals surface area contributed by atoms with E-state index in [9.17, 15) is 9.59 Å². The maximum Gasteiger partial charge on any atom is 0.294 e. The van der Waals surface area contributed by atoms with Crippen molar-refractivity contribution in [3.8, 4) is 0 Å². The topological polar surface area (TPSA) is 71.3 Å². The lowest BCUT2D eigenvalue weighted by Crippen LogP contribution is -2.50. The third-order valence-corrected chi connectivity index (χ3v) is 7.15. The number of anilines is 1. The Bertz CT molecular complexity index is 1160. The highest BCUT2D eigenvalue weighted by atomic mass is 32.1. The maximum atomic E-state index is 12.9. The number of hydrogen-bond acceptors (Lipinski definition) is 6. The first-order chi connectivity index (χ1) is 14.4. The van der Waals surface area contributed by atoms with Crippen LogP contribution in [-0.4, -0.2) is 51.8 Å². The number of amides is 1. The van der Waals surface area contributed by atoms with Gasteiger partial charge in [0.15, 0.2) is 5.52 Å². The molecular formula is C22H27N5O2S. The molecule has 0 aliphatic carbocycles. The molecule has 0 bridgehead atoms. The number of carbonyl (C=O) groups is 1. The lowest BCUT2D eigenvalue weighted by molar-refractivity contribution is -0.132. The molecule has 0 saturated carbocycles. The molecule has 0 atom stereocenters. The average Bonchev–Trinajstić information content (AvgIpc) is 3.19. The van der Waals surface area contributed by atoms with Crippen molar-refractivity contribution in [3.05, 3.63) is 50.4 Å². The number of carbonyl (C=O) groups excluding carboxylic acids is 1. The van der Waals surface area contributed by atoms with E-state index >= 15 is 0 Å². The Kier molecular flexibility index (Phi) is 5.60. The van der Waals surface area contributed by atoms with Gasteiger partial charge in [0.25, 0.3) is 5.56 Å². The van der Waals surface area contributed by atoms with Gasteiger partial charge in [0, 0.05) is 31.9 Å². The Morgan fingerprint density at radius 1 is 1.13 bits per heavy atom. The smallest absolute Gasteiger partial charge is 0.294 e. The molecule has 0 N–H and O–H groups in total. The van der Waals surface area contributed by atoms with Crippen LogP contribution >= 0.6 is 11.3 Å². The lowest BCUT2D eigenvalue weighted by Gasteiger charge is -2.37. The molecule has 4 rings (SSSR count). The Balaban J connectivity index is 1.47. The van der Waals surface area contributed by atoms with Gasteiger partial charge in [-0.3, -0.25) is 9.59 Å². The standard InChI is InChI=1S/C22H27N5O2S/c1-5-18-23-20-21(30-18)16(4)24-27(22(20)29)13-19(28)26-11-9-25(10-12-26)17-8-6-7-14(2)15(17)3/h6-8H,5,9-13H2,1-4H3. The van der Waals surface area contributed by atoms with E-state index < -0.39 is 0 Å². The first-order valence-electron chi connectivity index (χ1n) is 10.3. The normalized spacial score (nSPS) is 14.5. The summed E-state index contributed by atoms with van der Waals surface area (Å²) < 4.78 is 2.10. The first-order valence-corrected chi connectivity index (χ1v) is 11.2. The number of benzene rings is 1. The van der Waals surface area contributed by atoms with E-state index in [1.807, 2.05) is 18.7 Å². The van der Waals surface area contributed by atoms with Crippen LogP contribution in [0.25, 0.3) is 10.2 Å². The minimum absolute atomic E-state index is 0.0436. The Labute approximate surface area is 179 Å². The number of piperazine rings is 1. The number of fused-ring (bicyclic) bond motifs is 1. The summed E-state index contributed by atoms with van der Waals surface area (Å²) in [6.07, 6.45) is 0.780. The van der Waals surface area contributed by atoms with Gasteiger partial charge in [-0.25, -0.2) is 9.67 Å². The highest BCUT2D eigenvalue weighted by molar-refractivity contribution is 7.18. The largest absolute Gasteiger partial charge is 0.368 e. The predicted octanol–water partition coefficient (Wildman–Crippen LogP) is 2.69. The molecule has 0 unspecified atom stereocenters. The highest BCUT2D eigenvalue weighted by Crippen LogP contribution is 2.24. The second kappa shape index (κ2) is 8.18.